The summed E-state index contributed by atoms with van der Waals surface area (Å²) in [6, 6.07) is 10.9. The molecule has 1 aliphatic heterocycles. The highest BCUT2D eigenvalue weighted by Gasteiger charge is 2.38. The zero-order valence-corrected chi connectivity index (χ0v) is 20.0. The first-order valence-corrected chi connectivity index (χ1v) is 11.0. The van der Waals surface area contributed by atoms with Crippen LogP contribution in [0.1, 0.15) is 28.3 Å². The van der Waals surface area contributed by atoms with E-state index >= 15 is 0 Å². The van der Waals surface area contributed by atoms with E-state index in [0.717, 1.165) is 5.56 Å². The maximum Gasteiger partial charge on any atom is 0.340 e. The predicted octanol–water partition coefficient (Wildman–Crippen LogP) is 2.68. The molecular weight excluding hydrogens is 450 g/mol. The summed E-state index contributed by atoms with van der Waals surface area (Å²) in [6.45, 7) is 2.24. The summed E-state index contributed by atoms with van der Waals surface area (Å²) < 4.78 is 23.1. The molecule has 3 aromatic rings. The van der Waals surface area contributed by atoms with E-state index in [9.17, 15) is 9.59 Å². The van der Waals surface area contributed by atoms with E-state index in [1.165, 1.54) is 7.11 Å². The number of nitrogens with zero attached hydrogens (tertiary/aromatic N) is 2. The molecule has 1 atom stereocenters. The van der Waals surface area contributed by atoms with Crippen molar-refractivity contribution in [3.8, 4) is 17.2 Å². The maximum absolute atomic E-state index is 13.8. The van der Waals surface area contributed by atoms with Gasteiger partial charge in [0.2, 0.25) is 5.88 Å². The fourth-order valence-corrected chi connectivity index (χ4v) is 4.34. The molecule has 0 radical (unpaired) electrons. The zero-order valence-electron chi connectivity index (χ0n) is 20.0. The van der Waals surface area contributed by atoms with Crippen LogP contribution in [0.4, 0.5) is 0 Å². The van der Waals surface area contributed by atoms with E-state index in [-0.39, 0.29) is 17.0 Å². The number of benzene rings is 1. The highest BCUT2D eigenvalue weighted by Crippen LogP contribution is 2.41. The Morgan fingerprint density at radius 2 is 1.80 bits per heavy atom. The van der Waals surface area contributed by atoms with Gasteiger partial charge >= 0.3 is 5.97 Å². The second-order valence-corrected chi connectivity index (χ2v) is 8.04. The van der Waals surface area contributed by atoms with Crippen molar-refractivity contribution < 1.29 is 23.7 Å². The molecule has 2 aromatic heterocycles. The van der Waals surface area contributed by atoms with Crippen molar-refractivity contribution in [2.24, 2.45) is 5.73 Å². The van der Waals surface area contributed by atoms with Gasteiger partial charge in [0, 0.05) is 30.7 Å². The minimum atomic E-state index is -0.755. The molecule has 1 aliphatic rings. The van der Waals surface area contributed by atoms with Gasteiger partial charge in [-0.05, 0) is 48.7 Å². The zero-order chi connectivity index (χ0) is 25.1. The number of hydrogen-bond donors (Lipinski definition) is 1. The molecule has 4 rings (SSSR count). The molecule has 0 saturated carbocycles. The summed E-state index contributed by atoms with van der Waals surface area (Å²) in [5.41, 5.74) is 8.64. The van der Waals surface area contributed by atoms with Crippen LogP contribution in [0, 0.1) is 6.92 Å². The quantitative estimate of drug-likeness (QED) is 0.517. The number of carbonyl (C=O) groups excluding carboxylic acids is 1. The molecule has 0 fully saturated rings. The highest BCUT2D eigenvalue weighted by atomic mass is 16.5. The van der Waals surface area contributed by atoms with Gasteiger partial charge in [-0.2, -0.15) is 0 Å². The largest absolute Gasteiger partial charge is 0.493 e. The number of fused-ring (bicyclic) bond motifs is 1. The first-order chi connectivity index (χ1) is 16.9. The lowest BCUT2D eigenvalue weighted by Gasteiger charge is -2.28. The fourth-order valence-electron chi connectivity index (χ4n) is 4.34. The number of rotatable bonds is 7. The summed E-state index contributed by atoms with van der Waals surface area (Å²) in [5.74, 6) is 0.0701. The minimum Gasteiger partial charge on any atom is -0.493 e. The number of methoxy groups -OCH3 is 3. The topological polar surface area (TPSA) is 115 Å². The lowest BCUT2D eigenvalue weighted by molar-refractivity contribution is -0.136. The average Bonchev–Trinajstić information content (AvgIpc) is 2.87. The van der Waals surface area contributed by atoms with Crippen molar-refractivity contribution in [1.29, 1.82) is 0 Å². The number of nitrogens with two attached hydrogens (primary N) is 1. The van der Waals surface area contributed by atoms with Crippen LogP contribution in [0.3, 0.4) is 0 Å². The second kappa shape index (κ2) is 9.92. The first kappa shape index (κ1) is 23.9. The second-order valence-electron chi connectivity index (χ2n) is 8.04. The Kier molecular flexibility index (Phi) is 6.77. The van der Waals surface area contributed by atoms with Gasteiger partial charge in [0.1, 0.15) is 11.3 Å². The van der Waals surface area contributed by atoms with Crippen LogP contribution in [-0.2, 0) is 22.5 Å². The van der Waals surface area contributed by atoms with E-state index in [2.05, 4.69) is 4.98 Å². The van der Waals surface area contributed by atoms with Crippen LogP contribution in [0.5, 0.6) is 17.2 Å². The number of aromatic nitrogens is 2. The van der Waals surface area contributed by atoms with Gasteiger partial charge in [-0.3, -0.25) is 9.78 Å². The lowest BCUT2D eigenvalue weighted by atomic mass is 9.84. The molecular formula is C26H27N3O6. The summed E-state index contributed by atoms with van der Waals surface area (Å²) in [7, 11) is 4.42. The monoisotopic (exact) mass is 477 g/mol. The van der Waals surface area contributed by atoms with Gasteiger partial charge in [0.25, 0.3) is 5.56 Å². The van der Waals surface area contributed by atoms with Gasteiger partial charge in [0.15, 0.2) is 11.5 Å². The Morgan fingerprint density at radius 3 is 2.46 bits per heavy atom. The van der Waals surface area contributed by atoms with Gasteiger partial charge < -0.3 is 29.2 Å². The normalized spacial score (nSPS) is 14.7. The molecule has 0 saturated heterocycles. The van der Waals surface area contributed by atoms with Crippen LogP contribution in [0.15, 0.2) is 65.0 Å². The minimum absolute atomic E-state index is 0.0820. The predicted molar refractivity (Wildman–Crippen MR) is 129 cm³/mol. The molecule has 3 heterocycles. The smallest absolute Gasteiger partial charge is 0.340 e. The molecule has 9 nitrogen and oxygen atoms in total. The average molecular weight is 478 g/mol. The number of hydrogen-bond acceptors (Lipinski definition) is 8. The molecule has 0 bridgehead atoms. The van der Waals surface area contributed by atoms with Crippen LogP contribution in [-0.4, -0.2) is 36.8 Å². The Hall–Kier alpha value is -4.27. The lowest BCUT2D eigenvalue weighted by Crippen LogP contribution is -2.35. The van der Waals surface area contributed by atoms with Gasteiger partial charge in [-0.1, -0.05) is 6.07 Å². The van der Waals surface area contributed by atoms with Crippen molar-refractivity contribution in [1.82, 2.24) is 9.55 Å². The number of esters is 1. The van der Waals surface area contributed by atoms with Crippen LogP contribution in [0.25, 0.3) is 0 Å². The van der Waals surface area contributed by atoms with Gasteiger partial charge in [-0.25, -0.2) is 4.79 Å². The van der Waals surface area contributed by atoms with E-state index in [1.807, 2.05) is 25.1 Å². The molecule has 35 heavy (non-hydrogen) atoms. The Labute approximate surface area is 202 Å². The molecule has 182 valence electrons. The molecule has 0 aliphatic carbocycles. The van der Waals surface area contributed by atoms with Crippen molar-refractivity contribution in [3.63, 3.8) is 0 Å². The van der Waals surface area contributed by atoms with E-state index in [0.29, 0.717) is 47.0 Å². The van der Waals surface area contributed by atoms with E-state index < -0.39 is 11.9 Å². The highest BCUT2D eigenvalue weighted by molar-refractivity contribution is 5.92. The molecule has 1 aromatic carbocycles. The van der Waals surface area contributed by atoms with Crippen molar-refractivity contribution >= 4 is 5.97 Å². The summed E-state index contributed by atoms with van der Waals surface area (Å²) in [5, 5.41) is 0. The van der Waals surface area contributed by atoms with E-state index in [4.69, 9.17) is 24.7 Å². The third-order valence-corrected chi connectivity index (χ3v) is 6.09. The van der Waals surface area contributed by atoms with Gasteiger partial charge in [-0.15, -0.1) is 0 Å². The standard InChI is InChI=1S/C26H27N3O6/c1-15-13-20-22(21(17-7-10-28-11-8-17)23(24(27)35-20)26(31)34-4)25(30)29(15)12-9-16-5-6-18(32-2)19(14-16)33-3/h5-8,10-11,13-14,21H,9,12,27H2,1-4H3/t21-/m1/s1. The molecule has 0 unspecified atom stereocenters. The van der Waals surface area contributed by atoms with Crippen molar-refractivity contribution in [2.45, 2.75) is 25.8 Å². The van der Waals surface area contributed by atoms with Crippen molar-refractivity contribution in [3.05, 3.63) is 93.0 Å². The first-order valence-electron chi connectivity index (χ1n) is 11.0. The molecule has 2 N–H and O–H groups in total. The third kappa shape index (κ3) is 4.44. The SMILES string of the molecule is COC(=O)C1=C(N)Oc2cc(C)n(CCc3ccc(OC)c(OC)c3)c(=O)c2[C@H]1c1ccncc1. The Morgan fingerprint density at radius 1 is 1.09 bits per heavy atom. The number of carbonyl (C=O) groups is 1. The van der Waals surface area contributed by atoms with Crippen LogP contribution in [0.2, 0.25) is 0 Å². The summed E-state index contributed by atoms with van der Waals surface area (Å²) in [6.07, 6.45) is 3.77. The van der Waals surface area contributed by atoms with Gasteiger partial charge in [0.05, 0.1) is 32.8 Å². The molecule has 0 spiro atoms. The van der Waals surface area contributed by atoms with Crippen molar-refractivity contribution in [2.75, 3.05) is 21.3 Å². The maximum atomic E-state index is 13.8. The van der Waals surface area contributed by atoms with E-state index in [1.54, 1.807) is 49.4 Å². The number of aryl methyl sites for hydroxylation is 2. The Bertz CT molecular complexity index is 1350. The summed E-state index contributed by atoms with van der Waals surface area (Å²) >= 11 is 0. The number of ether oxygens (including phenoxy) is 4. The summed E-state index contributed by atoms with van der Waals surface area (Å²) in [4.78, 5) is 30.6. The number of pyridine rings is 2. The van der Waals surface area contributed by atoms with Crippen LogP contribution >= 0.6 is 0 Å². The molecule has 9 heteroatoms. The van der Waals surface area contributed by atoms with Crippen LogP contribution < -0.4 is 25.5 Å². The molecule has 0 amide bonds. The fraction of sp³-hybridized carbons (Fsp3) is 0.269. The Balaban J connectivity index is 1.78. The third-order valence-electron chi connectivity index (χ3n) is 6.09.